The van der Waals surface area contributed by atoms with Crippen LogP contribution >= 0.6 is 24.0 Å². The van der Waals surface area contributed by atoms with Gasteiger partial charge >= 0.3 is 0 Å². The number of aliphatic imine (C=N–C) groups is 1. The van der Waals surface area contributed by atoms with Gasteiger partial charge in [-0.05, 0) is 31.5 Å². The molecule has 8 heteroatoms. The summed E-state index contributed by atoms with van der Waals surface area (Å²) in [6.45, 7) is 3.57. The van der Waals surface area contributed by atoms with Crippen LogP contribution in [0.15, 0.2) is 46.1 Å². The van der Waals surface area contributed by atoms with Gasteiger partial charge in [-0.15, -0.1) is 24.0 Å². The van der Waals surface area contributed by atoms with Crippen molar-refractivity contribution in [2.75, 3.05) is 19.6 Å². The number of carbonyl (C=O) groups is 1. The average molecular weight is 457 g/mol. The summed E-state index contributed by atoms with van der Waals surface area (Å²) in [5.74, 6) is 0.552. The monoisotopic (exact) mass is 457 g/mol. The van der Waals surface area contributed by atoms with Crippen LogP contribution in [0.25, 0.3) is 0 Å². The van der Waals surface area contributed by atoms with Gasteiger partial charge < -0.3 is 20.8 Å². The van der Waals surface area contributed by atoms with Crippen LogP contribution in [0.5, 0.6) is 0 Å². The molecule has 0 saturated carbocycles. The van der Waals surface area contributed by atoms with Crippen molar-refractivity contribution < 1.29 is 9.21 Å². The minimum atomic E-state index is -0.206. The van der Waals surface area contributed by atoms with E-state index < -0.39 is 0 Å². The van der Waals surface area contributed by atoms with Crippen molar-refractivity contribution in [2.45, 2.75) is 19.8 Å². The molecule has 0 saturated heterocycles. The molecule has 4 N–H and O–H groups in total. The third-order valence-corrected chi connectivity index (χ3v) is 3.38. The molecule has 0 aromatic carbocycles. The quantitative estimate of drug-likeness (QED) is 0.243. The molecule has 2 heterocycles. The minimum Gasteiger partial charge on any atom is -0.459 e. The molecule has 0 fully saturated rings. The fourth-order valence-corrected chi connectivity index (χ4v) is 2.09. The molecule has 25 heavy (non-hydrogen) atoms. The molecule has 0 aliphatic carbocycles. The molecular weight excluding hydrogens is 433 g/mol. The van der Waals surface area contributed by atoms with E-state index >= 15 is 0 Å². The molecule has 1 amide bonds. The molecule has 0 aliphatic rings. The summed E-state index contributed by atoms with van der Waals surface area (Å²) in [5, 5.41) is 5.84. The van der Waals surface area contributed by atoms with Crippen LogP contribution in [0, 0.1) is 6.92 Å². The van der Waals surface area contributed by atoms with Gasteiger partial charge in [0.15, 0.2) is 11.7 Å². The number of aromatic nitrogens is 1. The number of aryl methyl sites for hydroxylation is 1. The van der Waals surface area contributed by atoms with Gasteiger partial charge in [0.25, 0.3) is 5.91 Å². The maximum absolute atomic E-state index is 11.8. The van der Waals surface area contributed by atoms with Crippen molar-refractivity contribution in [1.29, 1.82) is 0 Å². The first-order valence-corrected chi connectivity index (χ1v) is 7.93. The highest BCUT2D eigenvalue weighted by atomic mass is 127. The van der Waals surface area contributed by atoms with Crippen molar-refractivity contribution in [3.8, 4) is 0 Å². The molecule has 136 valence electrons. The summed E-state index contributed by atoms with van der Waals surface area (Å²) >= 11 is 0. The first-order valence-electron chi connectivity index (χ1n) is 7.93. The van der Waals surface area contributed by atoms with Crippen LogP contribution in [0.3, 0.4) is 0 Å². The summed E-state index contributed by atoms with van der Waals surface area (Å²) in [7, 11) is 0. The first-order chi connectivity index (χ1) is 11.7. The van der Waals surface area contributed by atoms with Crippen molar-refractivity contribution >= 4 is 35.8 Å². The molecule has 0 spiro atoms. The van der Waals surface area contributed by atoms with E-state index in [0.29, 0.717) is 37.8 Å². The number of nitrogens with one attached hydrogen (secondary N) is 2. The third kappa shape index (κ3) is 7.55. The van der Waals surface area contributed by atoms with E-state index in [1.807, 2.05) is 25.1 Å². The number of pyridine rings is 1. The molecule has 0 unspecified atom stereocenters. The maximum atomic E-state index is 11.8. The second kappa shape index (κ2) is 11.5. The van der Waals surface area contributed by atoms with Crippen molar-refractivity contribution in [3.63, 3.8) is 0 Å². The zero-order valence-corrected chi connectivity index (χ0v) is 16.5. The van der Waals surface area contributed by atoms with E-state index in [0.717, 1.165) is 17.7 Å². The maximum Gasteiger partial charge on any atom is 0.287 e. The molecule has 0 atom stereocenters. The number of guanidine groups is 1. The highest BCUT2D eigenvalue weighted by Crippen LogP contribution is 2.07. The minimum absolute atomic E-state index is 0. The lowest BCUT2D eigenvalue weighted by Gasteiger charge is -2.06. The summed E-state index contributed by atoms with van der Waals surface area (Å²) in [4.78, 5) is 20.3. The summed E-state index contributed by atoms with van der Waals surface area (Å²) in [5.41, 5.74) is 7.63. The number of rotatable bonds is 8. The van der Waals surface area contributed by atoms with Gasteiger partial charge in [0.05, 0.1) is 6.26 Å². The molecule has 7 nitrogen and oxygen atoms in total. The second-order valence-corrected chi connectivity index (χ2v) is 5.31. The normalized spacial score (nSPS) is 10.8. The van der Waals surface area contributed by atoms with Gasteiger partial charge in [-0.2, -0.15) is 0 Å². The van der Waals surface area contributed by atoms with Gasteiger partial charge in [0, 0.05) is 43.5 Å². The number of carbonyl (C=O) groups excluding carboxylic acids is 1. The second-order valence-electron chi connectivity index (χ2n) is 5.31. The molecule has 2 aromatic heterocycles. The predicted octanol–water partition coefficient (Wildman–Crippen LogP) is 1.87. The van der Waals surface area contributed by atoms with E-state index in [2.05, 4.69) is 20.6 Å². The Labute approximate surface area is 164 Å². The van der Waals surface area contributed by atoms with Crippen molar-refractivity contribution in [3.05, 3.63) is 53.7 Å². The van der Waals surface area contributed by atoms with Gasteiger partial charge in [-0.1, -0.05) is 6.07 Å². The van der Waals surface area contributed by atoms with E-state index in [4.69, 9.17) is 10.2 Å². The Balaban J connectivity index is 0.00000312. The van der Waals surface area contributed by atoms with Crippen LogP contribution in [-0.2, 0) is 6.42 Å². The lowest BCUT2D eigenvalue weighted by molar-refractivity contribution is 0.0925. The Morgan fingerprint density at radius 1 is 1.28 bits per heavy atom. The zero-order valence-electron chi connectivity index (χ0n) is 14.2. The fraction of sp³-hybridized carbons (Fsp3) is 0.353. The van der Waals surface area contributed by atoms with Gasteiger partial charge in [-0.25, -0.2) is 0 Å². The molecule has 2 aromatic rings. The Kier molecular flexibility index (Phi) is 9.60. The number of hydrogen-bond donors (Lipinski definition) is 3. The summed E-state index contributed by atoms with van der Waals surface area (Å²) < 4.78 is 5.13. The molecule has 0 bridgehead atoms. The Bertz CT molecular complexity index is 673. The number of furan rings is 1. The number of amides is 1. The number of nitrogens with zero attached hydrogens (tertiary/aromatic N) is 2. The topological polar surface area (TPSA) is 106 Å². The van der Waals surface area contributed by atoms with Gasteiger partial charge in [0.2, 0.25) is 0 Å². The zero-order chi connectivity index (χ0) is 17.2. The van der Waals surface area contributed by atoms with Crippen LogP contribution in [-0.4, -0.2) is 36.5 Å². The molecule has 0 aliphatic heterocycles. The third-order valence-electron chi connectivity index (χ3n) is 3.38. The van der Waals surface area contributed by atoms with Crippen LogP contribution in [0.4, 0.5) is 0 Å². The average Bonchev–Trinajstić information content (AvgIpc) is 3.01. The number of halogens is 1. The lowest BCUT2D eigenvalue weighted by Crippen LogP contribution is -2.33. The SMILES string of the molecule is Cc1ccoc1C(=O)NCCCN=C(N)NCCc1ccccn1.I. The Hall–Kier alpha value is -2.10. The van der Waals surface area contributed by atoms with Crippen LogP contribution in [0.1, 0.15) is 28.2 Å². The smallest absolute Gasteiger partial charge is 0.287 e. The van der Waals surface area contributed by atoms with Gasteiger partial charge in [-0.3, -0.25) is 14.8 Å². The van der Waals surface area contributed by atoms with Crippen LogP contribution < -0.4 is 16.4 Å². The van der Waals surface area contributed by atoms with Gasteiger partial charge in [0.1, 0.15) is 0 Å². The summed E-state index contributed by atoms with van der Waals surface area (Å²) in [6, 6.07) is 7.58. The van der Waals surface area contributed by atoms with Crippen molar-refractivity contribution in [1.82, 2.24) is 15.6 Å². The predicted molar refractivity (Wildman–Crippen MR) is 108 cm³/mol. The highest BCUT2D eigenvalue weighted by Gasteiger charge is 2.11. The van der Waals surface area contributed by atoms with E-state index in [1.165, 1.54) is 6.26 Å². The standard InChI is InChI=1S/C17H23N5O2.HI/c1-13-7-12-24-15(13)16(23)20-9-4-10-21-17(18)22-11-6-14-5-2-3-8-19-14;/h2-3,5,7-8,12H,4,6,9-11H2,1H3,(H,20,23)(H3,18,21,22);1H. The van der Waals surface area contributed by atoms with E-state index in [1.54, 1.807) is 12.3 Å². The largest absolute Gasteiger partial charge is 0.459 e. The number of nitrogens with two attached hydrogens (primary N) is 1. The van der Waals surface area contributed by atoms with Crippen molar-refractivity contribution in [2.24, 2.45) is 10.7 Å². The molecule has 2 rings (SSSR count). The fourth-order valence-electron chi connectivity index (χ4n) is 2.09. The molecule has 0 radical (unpaired) electrons. The first kappa shape index (κ1) is 20.9. The van der Waals surface area contributed by atoms with E-state index in [9.17, 15) is 4.79 Å². The highest BCUT2D eigenvalue weighted by molar-refractivity contribution is 14.0. The summed E-state index contributed by atoms with van der Waals surface area (Å²) in [6.07, 6.45) is 4.76. The van der Waals surface area contributed by atoms with Crippen LogP contribution in [0.2, 0.25) is 0 Å². The Morgan fingerprint density at radius 2 is 2.12 bits per heavy atom. The number of hydrogen-bond acceptors (Lipinski definition) is 4. The van der Waals surface area contributed by atoms with E-state index in [-0.39, 0.29) is 29.9 Å². The molecular formula is C17H24IN5O2. The lowest BCUT2D eigenvalue weighted by atomic mass is 10.2. The Morgan fingerprint density at radius 3 is 2.80 bits per heavy atom.